The first-order valence-corrected chi connectivity index (χ1v) is 9.55. The van der Waals surface area contributed by atoms with Crippen molar-refractivity contribution in [2.24, 2.45) is 0 Å². The number of rotatable bonds is 6. The molecule has 0 radical (unpaired) electrons. The molecule has 1 amide bonds. The molecule has 0 saturated heterocycles. The molecule has 144 valence electrons. The van der Waals surface area contributed by atoms with Crippen LogP contribution in [0.4, 0.5) is 11.6 Å². The van der Waals surface area contributed by atoms with E-state index < -0.39 is 0 Å². The van der Waals surface area contributed by atoms with Crippen LogP contribution in [0.3, 0.4) is 0 Å². The van der Waals surface area contributed by atoms with E-state index in [-0.39, 0.29) is 11.9 Å². The number of carbonyl (C=O) groups is 1. The van der Waals surface area contributed by atoms with Gasteiger partial charge >= 0.3 is 0 Å². The van der Waals surface area contributed by atoms with Gasteiger partial charge in [-0.1, -0.05) is 31.0 Å². The standard InChI is InChI=1S/C20H23N7O/c1-14(18-26-23-13-27(18)17-9-5-6-10-17)24-19(28)15-11-21-20(22-12-15)25-16-7-3-2-4-8-16/h2-4,7-8,11-14,17H,5-6,9-10H2,1H3,(H,24,28)(H,21,22,25)/t14-/m1/s1. The third-order valence-corrected chi connectivity index (χ3v) is 5.00. The number of nitrogens with one attached hydrogen (secondary N) is 2. The van der Waals surface area contributed by atoms with E-state index in [9.17, 15) is 4.79 Å². The van der Waals surface area contributed by atoms with Gasteiger partial charge in [-0.25, -0.2) is 9.97 Å². The summed E-state index contributed by atoms with van der Waals surface area (Å²) in [6, 6.07) is 9.81. The summed E-state index contributed by atoms with van der Waals surface area (Å²) in [5.74, 6) is 0.986. The molecule has 2 N–H and O–H groups in total. The Kier molecular flexibility index (Phi) is 5.27. The van der Waals surface area contributed by atoms with Crippen molar-refractivity contribution in [2.75, 3.05) is 5.32 Å². The smallest absolute Gasteiger partial charge is 0.255 e. The molecule has 1 aliphatic carbocycles. The quantitative estimate of drug-likeness (QED) is 0.683. The van der Waals surface area contributed by atoms with Crippen LogP contribution in [-0.4, -0.2) is 30.6 Å². The molecular weight excluding hydrogens is 354 g/mol. The third-order valence-electron chi connectivity index (χ3n) is 5.00. The van der Waals surface area contributed by atoms with Crippen molar-refractivity contribution >= 4 is 17.5 Å². The van der Waals surface area contributed by atoms with Gasteiger partial charge in [0, 0.05) is 24.1 Å². The molecular formula is C20H23N7O. The van der Waals surface area contributed by atoms with Gasteiger partial charge in [0.15, 0.2) is 5.82 Å². The molecule has 4 rings (SSSR count). The fraction of sp³-hybridized carbons (Fsp3) is 0.350. The van der Waals surface area contributed by atoms with E-state index >= 15 is 0 Å². The predicted molar refractivity (Wildman–Crippen MR) is 105 cm³/mol. The Bertz CT molecular complexity index is 917. The Hall–Kier alpha value is -3.29. The highest BCUT2D eigenvalue weighted by Crippen LogP contribution is 2.31. The average Bonchev–Trinajstić information content (AvgIpc) is 3.41. The summed E-state index contributed by atoms with van der Waals surface area (Å²) >= 11 is 0. The highest BCUT2D eigenvalue weighted by atomic mass is 16.1. The molecule has 2 heterocycles. The molecule has 8 heteroatoms. The van der Waals surface area contributed by atoms with Crippen molar-refractivity contribution in [3.8, 4) is 0 Å². The van der Waals surface area contributed by atoms with E-state index in [1.165, 1.54) is 25.2 Å². The molecule has 1 saturated carbocycles. The summed E-state index contributed by atoms with van der Waals surface area (Å²) in [7, 11) is 0. The Morgan fingerprint density at radius 1 is 1.14 bits per heavy atom. The first-order valence-electron chi connectivity index (χ1n) is 9.55. The average molecular weight is 377 g/mol. The second kappa shape index (κ2) is 8.16. The molecule has 0 spiro atoms. The summed E-state index contributed by atoms with van der Waals surface area (Å²) < 4.78 is 2.10. The van der Waals surface area contributed by atoms with Gasteiger partial charge in [-0.2, -0.15) is 0 Å². The van der Waals surface area contributed by atoms with Crippen LogP contribution >= 0.6 is 0 Å². The van der Waals surface area contributed by atoms with Crippen LogP contribution < -0.4 is 10.6 Å². The normalized spacial score (nSPS) is 15.3. The molecule has 0 aliphatic heterocycles. The van der Waals surface area contributed by atoms with Crippen molar-refractivity contribution in [1.82, 2.24) is 30.0 Å². The number of aromatic nitrogens is 5. The number of para-hydroxylation sites is 1. The van der Waals surface area contributed by atoms with Crippen LogP contribution in [0, 0.1) is 0 Å². The molecule has 1 fully saturated rings. The Balaban J connectivity index is 1.40. The van der Waals surface area contributed by atoms with Crippen molar-refractivity contribution in [2.45, 2.75) is 44.7 Å². The van der Waals surface area contributed by atoms with Gasteiger partial charge in [0.05, 0.1) is 11.6 Å². The summed E-state index contributed by atoms with van der Waals surface area (Å²) in [4.78, 5) is 21.0. The second-order valence-electron chi connectivity index (χ2n) is 7.02. The molecule has 0 bridgehead atoms. The van der Waals surface area contributed by atoms with Gasteiger partial charge in [-0.15, -0.1) is 10.2 Å². The fourth-order valence-corrected chi connectivity index (χ4v) is 3.53. The van der Waals surface area contributed by atoms with Crippen LogP contribution in [0.2, 0.25) is 0 Å². The number of amides is 1. The molecule has 1 aromatic carbocycles. The highest BCUT2D eigenvalue weighted by Gasteiger charge is 2.23. The van der Waals surface area contributed by atoms with Crippen molar-refractivity contribution in [3.63, 3.8) is 0 Å². The van der Waals surface area contributed by atoms with Crippen molar-refractivity contribution in [3.05, 3.63) is 60.4 Å². The number of benzene rings is 1. The van der Waals surface area contributed by atoms with Gasteiger partial charge in [0.2, 0.25) is 5.95 Å². The maximum atomic E-state index is 12.6. The summed E-state index contributed by atoms with van der Waals surface area (Å²) in [6.07, 6.45) is 9.52. The maximum absolute atomic E-state index is 12.6. The number of carbonyl (C=O) groups excluding carboxylic acids is 1. The van der Waals surface area contributed by atoms with Crippen LogP contribution in [0.5, 0.6) is 0 Å². The largest absolute Gasteiger partial charge is 0.342 e. The van der Waals surface area contributed by atoms with Gasteiger partial charge in [-0.05, 0) is 31.9 Å². The van der Waals surface area contributed by atoms with Gasteiger partial charge in [0.1, 0.15) is 6.33 Å². The zero-order valence-corrected chi connectivity index (χ0v) is 15.7. The lowest BCUT2D eigenvalue weighted by atomic mass is 10.2. The molecule has 2 aromatic heterocycles. The van der Waals surface area contributed by atoms with E-state index in [2.05, 4.69) is 35.4 Å². The van der Waals surface area contributed by atoms with Crippen molar-refractivity contribution in [1.29, 1.82) is 0 Å². The van der Waals surface area contributed by atoms with E-state index in [4.69, 9.17) is 0 Å². The summed E-state index contributed by atoms with van der Waals surface area (Å²) in [6.45, 7) is 1.92. The second-order valence-corrected chi connectivity index (χ2v) is 7.02. The zero-order chi connectivity index (χ0) is 19.3. The maximum Gasteiger partial charge on any atom is 0.255 e. The Labute approximate surface area is 163 Å². The van der Waals surface area contributed by atoms with Crippen LogP contribution in [-0.2, 0) is 0 Å². The minimum absolute atomic E-state index is 0.236. The lowest BCUT2D eigenvalue weighted by molar-refractivity contribution is 0.0936. The van der Waals surface area contributed by atoms with Gasteiger partial charge < -0.3 is 15.2 Å². The Morgan fingerprint density at radius 2 is 1.86 bits per heavy atom. The SMILES string of the molecule is C[C@@H](NC(=O)c1cnc(Nc2ccccc2)nc1)c1nncn1C1CCCC1. The van der Waals surface area contributed by atoms with E-state index in [1.807, 2.05) is 37.3 Å². The monoisotopic (exact) mass is 377 g/mol. The Morgan fingerprint density at radius 3 is 2.57 bits per heavy atom. The highest BCUT2D eigenvalue weighted by molar-refractivity contribution is 5.93. The topological polar surface area (TPSA) is 97.6 Å². The zero-order valence-electron chi connectivity index (χ0n) is 15.7. The molecule has 1 aliphatic rings. The first kappa shape index (κ1) is 18.1. The third kappa shape index (κ3) is 4.00. The summed E-state index contributed by atoms with van der Waals surface area (Å²) in [5, 5.41) is 14.3. The molecule has 0 unspecified atom stereocenters. The van der Waals surface area contributed by atoms with Crippen LogP contribution in [0.25, 0.3) is 0 Å². The predicted octanol–water partition coefficient (Wildman–Crippen LogP) is 3.42. The van der Waals surface area contributed by atoms with Crippen LogP contribution in [0.1, 0.15) is 60.9 Å². The van der Waals surface area contributed by atoms with Crippen LogP contribution in [0.15, 0.2) is 49.1 Å². The fourth-order valence-electron chi connectivity index (χ4n) is 3.53. The number of nitrogens with zero attached hydrogens (tertiary/aromatic N) is 5. The molecule has 8 nitrogen and oxygen atoms in total. The number of anilines is 2. The summed E-state index contributed by atoms with van der Waals surface area (Å²) in [5.41, 5.74) is 1.29. The lowest BCUT2D eigenvalue weighted by Gasteiger charge is -2.18. The number of hydrogen-bond donors (Lipinski definition) is 2. The van der Waals surface area contributed by atoms with E-state index in [0.717, 1.165) is 24.4 Å². The van der Waals surface area contributed by atoms with Crippen molar-refractivity contribution < 1.29 is 4.79 Å². The van der Waals surface area contributed by atoms with E-state index in [0.29, 0.717) is 17.6 Å². The van der Waals surface area contributed by atoms with E-state index in [1.54, 1.807) is 6.33 Å². The molecule has 28 heavy (non-hydrogen) atoms. The lowest BCUT2D eigenvalue weighted by Crippen LogP contribution is -2.29. The van der Waals surface area contributed by atoms with Gasteiger partial charge in [-0.3, -0.25) is 4.79 Å². The molecule has 1 atom stereocenters. The minimum Gasteiger partial charge on any atom is -0.342 e. The minimum atomic E-state index is -0.252. The number of hydrogen-bond acceptors (Lipinski definition) is 6. The van der Waals surface area contributed by atoms with Gasteiger partial charge in [0.25, 0.3) is 5.91 Å². The molecule has 3 aromatic rings. The first-order chi connectivity index (χ1) is 13.7.